The number of benzene rings is 1. The summed E-state index contributed by atoms with van der Waals surface area (Å²) in [6, 6.07) is 10.5. The summed E-state index contributed by atoms with van der Waals surface area (Å²) in [7, 11) is 0. The third-order valence-electron chi connectivity index (χ3n) is 3.11. The second-order valence-electron chi connectivity index (χ2n) is 5.78. The van der Waals surface area contributed by atoms with Crippen LogP contribution in [0.4, 0.5) is 0 Å². The lowest BCUT2D eigenvalue weighted by Crippen LogP contribution is -2.34. The molecule has 2 nitrogen and oxygen atoms in total. The smallest absolute Gasteiger partial charge is 0.0544 e. The van der Waals surface area contributed by atoms with E-state index in [-0.39, 0.29) is 5.41 Å². The van der Waals surface area contributed by atoms with Crippen LogP contribution in [0.5, 0.6) is 0 Å². The highest BCUT2D eigenvalue weighted by Crippen LogP contribution is 2.16. The zero-order valence-electron chi connectivity index (χ0n) is 12.2. The maximum absolute atomic E-state index is 5.82. The molecular weight excluding hydrogens is 222 g/mol. The van der Waals surface area contributed by atoms with Gasteiger partial charge in [-0.3, -0.25) is 0 Å². The van der Waals surface area contributed by atoms with Crippen molar-refractivity contribution < 1.29 is 4.74 Å². The first-order chi connectivity index (χ1) is 8.53. The third kappa shape index (κ3) is 6.18. The molecule has 0 amide bonds. The molecule has 2 heteroatoms. The summed E-state index contributed by atoms with van der Waals surface area (Å²) in [4.78, 5) is 0. The van der Waals surface area contributed by atoms with Gasteiger partial charge < -0.3 is 10.1 Å². The van der Waals surface area contributed by atoms with Gasteiger partial charge in [0.05, 0.1) is 12.7 Å². The molecule has 0 heterocycles. The van der Waals surface area contributed by atoms with Crippen LogP contribution in [0, 0.1) is 5.41 Å². The molecule has 0 bridgehead atoms. The van der Waals surface area contributed by atoms with Crippen LogP contribution >= 0.6 is 0 Å². The van der Waals surface area contributed by atoms with Crippen LogP contribution in [0.25, 0.3) is 0 Å². The maximum atomic E-state index is 5.82. The lowest BCUT2D eigenvalue weighted by Gasteiger charge is -2.26. The molecule has 1 rings (SSSR count). The van der Waals surface area contributed by atoms with Crippen molar-refractivity contribution in [1.29, 1.82) is 0 Å². The van der Waals surface area contributed by atoms with Crippen LogP contribution < -0.4 is 5.32 Å². The van der Waals surface area contributed by atoms with Gasteiger partial charge in [0.2, 0.25) is 0 Å². The van der Waals surface area contributed by atoms with Gasteiger partial charge in [0.1, 0.15) is 0 Å². The molecule has 0 saturated heterocycles. The molecule has 1 aromatic carbocycles. The topological polar surface area (TPSA) is 21.3 Å². The fourth-order valence-corrected chi connectivity index (χ4v) is 1.68. The van der Waals surface area contributed by atoms with Crippen LogP contribution in [0.3, 0.4) is 0 Å². The van der Waals surface area contributed by atoms with Crippen LogP contribution in [0.2, 0.25) is 0 Å². The van der Waals surface area contributed by atoms with Crippen LogP contribution in [0.15, 0.2) is 30.3 Å². The normalized spacial score (nSPS) is 13.6. The fraction of sp³-hybridized carbons (Fsp3) is 0.625. The van der Waals surface area contributed by atoms with E-state index in [1.165, 1.54) is 5.56 Å². The van der Waals surface area contributed by atoms with Gasteiger partial charge in [-0.1, -0.05) is 51.1 Å². The van der Waals surface area contributed by atoms with Gasteiger partial charge >= 0.3 is 0 Å². The Kier molecular flexibility index (Phi) is 6.37. The maximum Gasteiger partial charge on any atom is 0.0544 e. The molecule has 1 N–H and O–H groups in total. The van der Waals surface area contributed by atoms with E-state index in [4.69, 9.17) is 4.74 Å². The van der Waals surface area contributed by atoms with Crippen molar-refractivity contribution >= 4 is 0 Å². The van der Waals surface area contributed by atoms with E-state index in [0.29, 0.717) is 6.10 Å². The van der Waals surface area contributed by atoms with E-state index in [1.54, 1.807) is 0 Å². The largest absolute Gasteiger partial charge is 0.378 e. The van der Waals surface area contributed by atoms with Gasteiger partial charge in [-0.2, -0.15) is 0 Å². The summed E-state index contributed by atoms with van der Waals surface area (Å²) in [5.41, 5.74) is 1.51. The summed E-state index contributed by atoms with van der Waals surface area (Å²) in [5.74, 6) is 0. The second kappa shape index (κ2) is 7.55. The Morgan fingerprint density at radius 2 is 1.89 bits per heavy atom. The molecule has 102 valence electrons. The summed E-state index contributed by atoms with van der Waals surface area (Å²) in [6.07, 6.45) is 1.44. The van der Waals surface area contributed by atoms with Gasteiger partial charge in [0, 0.05) is 18.5 Å². The highest BCUT2D eigenvalue weighted by atomic mass is 16.5. The summed E-state index contributed by atoms with van der Waals surface area (Å²) >= 11 is 0. The number of nitrogens with one attached hydrogen (secondary N) is 1. The molecular formula is C16H27NO. The first-order valence-corrected chi connectivity index (χ1v) is 6.90. The predicted molar refractivity (Wildman–Crippen MR) is 77.6 cm³/mol. The van der Waals surface area contributed by atoms with E-state index in [0.717, 1.165) is 26.1 Å². The monoisotopic (exact) mass is 249 g/mol. The van der Waals surface area contributed by atoms with E-state index < -0.39 is 0 Å². The number of rotatable bonds is 8. The average Bonchev–Trinajstić information content (AvgIpc) is 2.37. The molecule has 1 atom stereocenters. The van der Waals surface area contributed by atoms with E-state index >= 15 is 0 Å². The minimum Gasteiger partial charge on any atom is -0.378 e. The van der Waals surface area contributed by atoms with Crippen LogP contribution in [-0.2, 0) is 11.3 Å². The zero-order chi connectivity index (χ0) is 13.4. The first kappa shape index (κ1) is 15.2. The first-order valence-electron chi connectivity index (χ1n) is 6.90. The SMILES string of the molecule is CCC(C)OCC(C)(C)CNCc1ccccc1. The molecule has 0 aliphatic rings. The fourth-order valence-electron chi connectivity index (χ4n) is 1.68. The van der Waals surface area contributed by atoms with Gasteiger partial charge in [0.15, 0.2) is 0 Å². The average molecular weight is 249 g/mol. The van der Waals surface area contributed by atoms with Crippen molar-refractivity contribution in [2.75, 3.05) is 13.2 Å². The molecule has 0 aromatic heterocycles. The molecule has 0 saturated carbocycles. The molecule has 0 fully saturated rings. The van der Waals surface area contributed by atoms with Crippen molar-refractivity contribution in [3.8, 4) is 0 Å². The minimum absolute atomic E-state index is 0.179. The highest BCUT2D eigenvalue weighted by Gasteiger charge is 2.18. The minimum atomic E-state index is 0.179. The third-order valence-corrected chi connectivity index (χ3v) is 3.11. The van der Waals surface area contributed by atoms with Crippen molar-refractivity contribution in [3.63, 3.8) is 0 Å². The Balaban J connectivity index is 2.24. The Morgan fingerprint density at radius 3 is 2.50 bits per heavy atom. The summed E-state index contributed by atoms with van der Waals surface area (Å²) in [5, 5.41) is 3.50. The molecule has 1 unspecified atom stereocenters. The van der Waals surface area contributed by atoms with Crippen LogP contribution in [0.1, 0.15) is 39.7 Å². The van der Waals surface area contributed by atoms with E-state index in [2.05, 4.69) is 57.3 Å². The van der Waals surface area contributed by atoms with E-state index in [1.807, 2.05) is 6.07 Å². The number of hydrogen-bond acceptors (Lipinski definition) is 2. The number of hydrogen-bond donors (Lipinski definition) is 1. The molecule has 0 aliphatic carbocycles. The van der Waals surface area contributed by atoms with Crippen molar-refractivity contribution in [2.24, 2.45) is 5.41 Å². The Hall–Kier alpha value is -0.860. The van der Waals surface area contributed by atoms with Gasteiger partial charge in [0.25, 0.3) is 0 Å². The highest BCUT2D eigenvalue weighted by molar-refractivity contribution is 5.14. The lowest BCUT2D eigenvalue weighted by atomic mass is 9.94. The van der Waals surface area contributed by atoms with Crippen molar-refractivity contribution in [3.05, 3.63) is 35.9 Å². The predicted octanol–water partition coefficient (Wildman–Crippen LogP) is 3.62. The Bertz CT molecular complexity index is 321. The van der Waals surface area contributed by atoms with Gasteiger partial charge in [-0.05, 0) is 18.9 Å². The van der Waals surface area contributed by atoms with Crippen molar-refractivity contribution in [1.82, 2.24) is 5.32 Å². The second-order valence-corrected chi connectivity index (χ2v) is 5.78. The van der Waals surface area contributed by atoms with E-state index in [9.17, 15) is 0 Å². The molecule has 0 aliphatic heterocycles. The van der Waals surface area contributed by atoms with Gasteiger partial charge in [-0.15, -0.1) is 0 Å². The van der Waals surface area contributed by atoms with Crippen LogP contribution in [-0.4, -0.2) is 19.3 Å². The molecule has 18 heavy (non-hydrogen) atoms. The Morgan fingerprint density at radius 1 is 1.22 bits per heavy atom. The molecule has 1 aromatic rings. The van der Waals surface area contributed by atoms with Crippen molar-refractivity contribution in [2.45, 2.75) is 46.8 Å². The summed E-state index contributed by atoms with van der Waals surface area (Å²) < 4.78 is 5.82. The number of ether oxygens (including phenoxy) is 1. The standard InChI is InChI=1S/C16H27NO/c1-5-14(2)18-13-16(3,4)12-17-11-15-9-7-6-8-10-15/h6-10,14,17H,5,11-13H2,1-4H3. The zero-order valence-corrected chi connectivity index (χ0v) is 12.2. The quantitative estimate of drug-likeness (QED) is 0.760. The lowest BCUT2D eigenvalue weighted by molar-refractivity contribution is 0.0107. The Labute approximate surface area is 112 Å². The molecule has 0 radical (unpaired) electrons. The molecule has 0 spiro atoms. The summed E-state index contributed by atoms with van der Waals surface area (Å²) in [6.45, 7) is 11.5. The van der Waals surface area contributed by atoms with Gasteiger partial charge in [-0.25, -0.2) is 0 Å².